The molecule has 0 saturated carbocycles. The van der Waals surface area contributed by atoms with E-state index in [2.05, 4.69) is 10.1 Å². The molecule has 8 heteroatoms. The van der Waals surface area contributed by atoms with E-state index in [1.807, 2.05) is 0 Å². The summed E-state index contributed by atoms with van der Waals surface area (Å²) in [6.07, 6.45) is 1.62. The summed E-state index contributed by atoms with van der Waals surface area (Å²) >= 11 is 5.07. The minimum atomic E-state index is -0.546. The van der Waals surface area contributed by atoms with E-state index in [4.69, 9.17) is 21.7 Å². The molecule has 1 N–H and O–H groups in total. The Hall–Kier alpha value is -2.61. The number of rotatable bonds is 5. The zero-order valence-corrected chi connectivity index (χ0v) is 13.7. The molecule has 1 aromatic rings. The van der Waals surface area contributed by atoms with Gasteiger partial charge in [-0.1, -0.05) is 6.07 Å². The van der Waals surface area contributed by atoms with Gasteiger partial charge in [0.25, 0.3) is 5.91 Å². The minimum absolute atomic E-state index is 0.159. The maximum atomic E-state index is 12.3. The number of ether oxygens (including phenoxy) is 3. The molecule has 0 bridgehead atoms. The van der Waals surface area contributed by atoms with Crippen LogP contribution in [0.4, 0.5) is 0 Å². The fraction of sp³-hybridized carbons (Fsp3) is 0.267. The van der Waals surface area contributed by atoms with E-state index in [0.717, 1.165) is 10.5 Å². The van der Waals surface area contributed by atoms with Gasteiger partial charge in [0.1, 0.15) is 12.2 Å². The summed E-state index contributed by atoms with van der Waals surface area (Å²) < 4.78 is 14.9. The van der Waals surface area contributed by atoms with Gasteiger partial charge in [-0.3, -0.25) is 14.5 Å². The maximum absolute atomic E-state index is 12.3. The highest BCUT2D eigenvalue weighted by Crippen LogP contribution is 2.28. The van der Waals surface area contributed by atoms with Crippen LogP contribution in [0.25, 0.3) is 6.08 Å². The summed E-state index contributed by atoms with van der Waals surface area (Å²) in [6, 6.07) is 5.23. The standard InChI is InChI=1S/C15H16N2O5S/c1-20-11-5-4-9(7-12(11)21-2)6-10-14(19)17(15(23)16-10)8-13(18)22-3/h4-7H,8H2,1-3H3,(H,16,23)/b10-6-. The van der Waals surface area contributed by atoms with Crippen molar-refractivity contribution < 1.29 is 23.8 Å². The summed E-state index contributed by atoms with van der Waals surface area (Å²) in [7, 11) is 4.32. The molecule has 0 unspecified atom stereocenters. The zero-order valence-electron chi connectivity index (χ0n) is 12.9. The fourth-order valence-corrected chi connectivity index (χ4v) is 2.28. The van der Waals surface area contributed by atoms with E-state index in [0.29, 0.717) is 11.5 Å². The van der Waals surface area contributed by atoms with Crippen molar-refractivity contribution in [2.24, 2.45) is 0 Å². The topological polar surface area (TPSA) is 77.1 Å². The number of esters is 1. The molecule has 0 radical (unpaired) electrons. The van der Waals surface area contributed by atoms with Gasteiger partial charge in [0.15, 0.2) is 16.6 Å². The first-order valence-electron chi connectivity index (χ1n) is 6.63. The van der Waals surface area contributed by atoms with Gasteiger partial charge in [-0.05, 0) is 36.0 Å². The van der Waals surface area contributed by atoms with Crippen molar-refractivity contribution >= 4 is 35.3 Å². The van der Waals surface area contributed by atoms with Crippen molar-refractivity contribution in [1.29, 1.82) is 0 Å². The zero-order chi connectivity index (χ0) is 17.0. The lowest BCUT2D eigenvalue weighted by Gasteiger charge is -2.11. The predicted molar refractivity (Wildman–Crippen MR) is 87.0 cm³/mol. The van der Waals surface area contributed by atoms with Crippen molar-refractivity contribution in [2.45, 2.75) is 0 Å². The van der Waals surface area contributed by atoms with Crippen LogP contribution in [0.1, 0.15) is 5.56 Å². The molecular weight excluding hydrogens is 320 g/mol. The third-order valence-corrected chi connectivity index (χ3v) is 3.52. The van der Waals surface area contributed by atoms with Crippen LogP contribution in [0.15, 0.2) is 23.9 Å². The van der Waals surface area contributed by atoms with E-state index in [1.165, 1.54) is 14.2 Å². The smallest absolute Gasteiger partial charge is 0.325 e. The summed E-state index contributed by atoms with van der Waals surface area (Å²) in [4.78, 5) is 24.8. The first-order valence-corrected chi connectivity index (χ1v) is 7.04. The molecule has 1 heterocycles. The third kappa shape index (κ3) is 3.59. The van der Waals surface area contributed by atoms with Crippen LogP contribution >= 0.6 is 12.2 Å². The van der Waals surface area contributed by atoms with Crippen molar-refractivity contribution in [3.8, 4) is 11.5 Å². The number of carbonyl (C=O) groups excluding carboxylic acids is 2. The van der Waals surface area contributed by atoms with Gasteiger partial charge >= 0.3 is 5.97 Å². The summed E-state index contributed by atoms with van der Waals surface area (Å²) in [6.45, 7) is -0.232. The number of thiocarbonyl (C=S) groups is 1. The number of nitrogens with one attached hydrogen (secondary N) is 1. The molecule has 1 saturated heterocycles. The molecular formula is C15H16N2O5S. The Kier molecular flexibility index (Phi) is 5.17. The second-order valence-corrected chi connectivity index (χ2v) is 4.96. The SMILES string of the molecule is COC(=O)CN1C(=O)/C(=C/c2ccc(OC)c(OC)c2)NC1=S. The average molecular weight is 336 g/mol. The molecule has 23 heavy (non-hydrogen) atoms. The molecule has 1 amide bonds. The van der Waals surface area contributed by atoms with Gasteiger partial charge in [0.2, 0.25) is 0 Å². The van der Waals surface area contributed by atoms with Crippen LogP contribution in [0.2, 0.25) is 0 Å². The number of nitrogens with zero attached hydrogens (tertiary/aromatic N) is 1. The normalized spacial score (nSPS) is 15.6. The van der Waals surface area contributed by atoms with Gasteiger partial charge in [-0.2, -0.15) is 0 Å². The highest BCUT2D eigenvalue weighted by atomic mass is 32.1. The lowest BCUT2D eigenvalue weighted by Crippen LogP contribution is -2.35. The molecule has 2 rings (SSSR count). The lowest BCUT2D eigenvalue weighted by molar-refractivity contribution is -0.143. The Balaban J connectivity index is 2.25. The number of hydrogen-bond acceptors (Lipinski definition) is 6. The van der Waals surface area contributed by atoms with E-state index < -0.39 is 11.9 Å². The molecule has 7 nitrogen and oxygen atoms in total. The molecule has 1 aliphatic heterocycles. The maximum Gasteiger partial charge on any atom is 0.325 e. The molecule has 1 fully saturated rings. The molecule has 122 valence electrons. The summed E-state index contributed by atoms with van der Waals surface area (Å²) in [5.41, 5.74) is 0.993. The van der Waals surface area contributed by atoms with Gasteiger partial charge in [-0.15, -0.1) is 0 Å². The van der Waals surface area contributed by atoms with Crippen LogP contribution in [0.3, 0.4) is 0 Å². The Morgan fingerprint density at radius 2 is 1.96 bits per heavy atom. The van der Waals surface area contributed by atoms with Crippen LogP contribution in [-0.2, 0) is 14.3 Å². The van der Waals surface area contributed by atoms with Gasteiger partial charge < -0.3 is 19.5 Å². The quantitative estimate of drug-likeness (QED) is 0.487. The highest BCUT2D eigenvalue weighted by Gasteiger charge is 2.32. The lowest BCUT2D eigenvalue weighted by atomic mass is 10.1. The average Bonchev–Trinajstić information content (AvgIpc) is 2.82. The summed E-state index contributed by atoms with van der Waals surface area (Å²) in [5, 5.41) is 2.95. The van der Waals surface area contributed by atoms with E-state index >= 15 is 0 Å². The second kappa shape index (κ2) is 7.10. The third-order valence-electron chi connectivity index (χ3n) is 3.20. The number of benzene rings is 1. The minimum Gasteiger partial charge on any atom is -0.493 e. The Bertz CT molecular complexity index is 686. The van der Waals surface area contributed by atoms with E-state index in [-0.39, 0.29) is 17.4 Å². The molecule has 0 aliphatic carbocycles. The summed E-state index contributed by atoms with van der Waals surface area (Å²) in [5.74, 6) is 0.189. The molecule has 1 aliphatic rings. The van der Waals surface area contributed by atoms with Crippen molar-refractivity contribution in [2.75, 3.05) is 27.9 Å². The highest BCUT2D eigenvalue weighted by molar-refractivity contribution is 7.80. The van der Waals surface area contributed by atoms with Gasteiger partial charge in [0.05, 0.1) is 21.3 Å². The number of methoxy groups -OCH3 is 3. The van der Waals surface area contributed by atoms with Crippen LogP contribution < -0.4 is 14.8 Å². The van der Waals surface area contributed by atoms with Crippen molar-refractivity contribution in [3.05, 3.63) is 29.5 Å². The first-order chi connectivity index (χ1) is 11.0. The second-order valence-electron chi connectivity index (χ2n) is 4.57. The fourth-order valence-electron chi connectivity index (χ4n) is 2.02. The molecule has 0 aromatic heterocycles. The van der Waals surface area contributed by atoms with Gasteiger partial charge in [-0.25, -0.2) is 0 Å². The van der Waals surface area contributed by atoms with Crippen LogP contribution in [-0.4, -0.2) is 49.8 Å². The number of amides is 1. The molecule has 1 aromatic carbocycles. The largest absolute Gasteiger partial charge is 0.493 e. The van der Waals surface area contributed by atoms with Crippen LogP contribution in [0, 0.1) is 0 Å². The predicted octanol–water partition coefficient (Wildman–Crippen LogP) is 0.934. The number of carbonyl (C=O) groups is 2. The van der Waals surface area contributed by atoms with Crippen molar-refractivity contribution in [1.82, 2.24) is 10.2 Å². The molecule has 0 atom stereocenters. The monoisotopic (exact) mass is 336 g/mol. The van der Waals surface area contributed by atoms with Crippen LogP contribution in [0.5, 0.6) is 11.5 Å². The Morgan fingerprint density at radius 3 is 2.57 bits per heavy atom. The number of hydrogen-bond donors (Lipinski definition) is 1. The van der Waals surface area contributed by atoms with Crippen molar-refractivity contribution in [3.63, 3.8) is 0 Å². The first kappa shape index (κ1) is 16.8. The Morgan fingerprint density at radius 1 is 1.26 bits per heavy atom. The van der Waals surface area contributed by atoms with E-state index in [1.54, 1.807) is 31.4 Å². The Labute approximate surface area is 138 Å². The van der Waals surface area contributed by atoms with Gasteiger partial charge in [0, 0.05) is 0 Å². The molecule has 0 spiro atoms. The van der Waals surface area contributed by atoms with E-state index in [9.17, 15) is 9.59 Å².